The van der Waals surface area contributed by atoms with Gasteiger partial charge < -0.3 is 38.6 Å². The summed E-state index contributed by atoms with van der Waals surface area (Å²) in [6, 6.07) is 8.47. The number of likely N-dealkylation sites (N-methyl/N-ethyl adjacent to an activating group) is 1. The number of aromatic nitrogens is 2. The van der Waals surface area contributed by atoms with E-state index in [4.69, 9.17) is 18.9 Å². The number of pyridine rings is 1. The lowest BCUT2D eigenvalue weighted by Crippen LogP contribution is -2.42. The quantitative estimate of drug-likeness (QED) is 0.230. The summed E-state index contributed by atoms with van der Waals surface area (Å²) in [4.78, 5) is 68.3. The zero-order valence-electron chi connectivity index (χ0n) is 29.6. The Labute approximate surface area is 290 Å². The summed E-state index contributed by atoms with van der Waals surface area (Å²) >= 11 is 0. The summed E-state index contributed by atoms with van der Waals surface area (Å²) in [7, 11) is 6.17. The first-order valence-corrected chi connectivity index (χ1v) is 16.0. The van der Waals surface area contributed by atoms with Gasteiger partial charge in [-0.05, 0) is 76.1 Å². The number of anilines is 1. The van der Waals surface area contributed by atoms with Crippen molar-refractivity contribution in [2.45, 2.75) is 51.9 Å². The average molecular weight is 700 g/mol. The third-order valence-corrected chi connectivity index (χ3v) is 7.25. The number of amides is 3. The molecule has 0 radical (unpaired) electrons. The van der Waals surface area contributed by atoms with Crippen LogP contribution in [-0.4, -0.2) is 109 Å². The van der Waals surface area contributed by atoms with Crippen LogP contribution >= 0.6 is 0 Å². The highest BCUT2D eigenvalue weighted by Gasteiger charge is 2.27. The molecule has 14 nitrogen and oxygen atoms in total. The molecule has 1 atom stereocenters. The van der Waals surface area contributed by atoms with Crippen LogP contribution in [0.25, 0.3) is 10.9 Å². The molecule has 15 heteroatoms. The van der Waals surface area contributed by atoms with E-state index in [1.54, 1.807) is 47.0 Å². The molecule has 0 bridgehead atoms. The fourth-order valence-corrected chi connectivity index (χ4v) is 4.75. The molecule has 0 aliphatic rings. The second-order valence-corrected chi connectivity index (χ2v) is 12.6. The minimum absolute atomic E-state index is 0.00472. The molecule has 0 fully saturated rings. The van der Waals surface area contributed by atoms with Crippen molar-refractivity contribution in [1.82, 2.24) is 18.9 Å². The Kier molecular flexibility index (Phi) is 14.3. The molecule has 50 heavy (non-hydrogen) atoms. The maximum Gasteiger partial charge on any atom is 0.419 e. The first-order chi connectivity index (χ1) is 23.6. The zero-order valence-corrected chi connectivity index (χ0v) is 29.6. The average Bonchev–Trinajstić information content (AvgIpc) is 3.40. The number of benzene rings is 1. The van der Waals surface area contributed by atoms with Gasteiger partial charge in [0.15, 0.2) is 6.10 Å². The lowest BCUT2D eigenvalue weighted by Gasteiger charge is -2.25. The molecule has 0 spiro atoms. The number of fused-ring (bicyclic) bond motifs is 1. The van der Waals surface area contributed by atoms with E-state index in [1.165, 1.54) is 75.8 Å². The molecular formula is C35H46FN5O9. The standard InChI is InChI=1S/C35H46FN5O9/c1-35(2,3)50-34(46)41-26(22-24-21-25(36)14-15-28(24)41)23-40-16-10-11-27(32(40)44)37-31(43)29(12-8-9-13-30(42)38(4)5)49-33(45)39(17-19-47-6)18-20-48-7/h9-11,13-16,21-22,29H,8,12,17-20,23H2,1-7H3,(H,37,43)/b13-9+/t29-/m0/s1. The lowest BCUT2D eigenvalue weighted by molar-refractivity contribution is -0.125. The zero-order chi connectivity index (χ0) is 37.0. The van der Waals surface area contributed by atoms with E-state index in [-0.39, 0.29) is 57.3 Å². The second kappa shape index (κ2) is 18.1. The van der Waals surface area contributed by atoms with E-state index in [9.17, 15) is 28.4 Å². The number of hydrogen-bond donors (Lipinski definition) is 1. The molecule has 2 heterocycles. The van der Waals surface area contributed by atoms with Gasteiger partial charge in [0.25, 0.3) is 11.5 Å². The van der Waals surface area contributed by atoms with Crippen molar-refractivity contribution in [3.05, 3.63) is 76.6 Å². The Morgan fingerprint density at radius 3 is 2.32 bits per heavy atom. The number of carbonyl (C=O) groups is 4. The van der Waals surface area contributed by atoms with E-state index >= 15 is 0 Å². The Morgan fingerprint density at radius 1 is 1.02 bits per heavy atom. The fourth-order valence-electron chi connectivity index (χ4n) is 4.75. The summed E-state index contributed by atoms with van der Waals surface area (Å²) in [5, 5.41) is 3.00. The van der Waals surface area contributed by atoms with Gasteiger partial charge in [0.2, 0.25) is 5.91 Å². The minimum atomic E-state index is -1.34. The first-order valence-electron chi connectivity index (χ1n) is 16.0. The largest absolute Gasteiger partial charge is 0.443 e. The highest BCUT2D eigenvalue weighted by molar-refractivity contribution is 5.95. The van der Waals surface area contributed by atoms with Crippen molar-refractivity contribution in [1.29, 1.82) is 0 Å². The Bertz CT molecular complexity index is 1730. The molecule has 0 saturated heterocycles. The van der Waals surface area contributed by atoms with Gasteiger partial charge in [0.05, 0.1) is 25.3 Å². The topological polar surface area (TPSA) is 151 Å². The van der Waals surface area contributed by atoms with Gasteiger partial charge in [-0.2, -0.15) is 0 Å². The van der Waals surface area contributed by atoms with Crippen molar-refractivity contribution in [3.63, 3.8) is 0 Å². The van der Waals surface area contributed by atoms with E-state index in [1.807, 2.05) is 0 Å². The van der Waals surface area contributed by atoms with Gasteiger partial charge >= 0.3 is 12.2 Å². The number of hydrogen-bond acceptors (Lipinski definition) is 9. The molecule has 272 valence electrons. The lowest BCUT2D eigenvalue weighted by atomic mass is 10.1. The maximum absolute atomic E-state index is 14.1. The number of methoxy groups -OCH3 is 2. The monoisotopic (exact) mass is 699 g/mol. The van der Waals surface area contributed by atoms with Crippen LogP contribution in [0.4, 0.5) is 19.7 Å². The molecule has 3 rings (SSSR count). The number of nitrogens with one attached hydrogen (secondary N) is 1. The SMILES string of the molecule is COCCN(CCOC)C(=O)O[C@@H](CC/C=C/C(=O)N(C)C)C(=O)Nc1cccn(Cc2cc3cc(F)ccc3n2C(=O)OC(C)(C)C)c1=O. The third kappa shape index (κ3) is 11.3. The van der Waals surface area contributed by atoms with Crippen LogP contribution in [0.3, 0.4) is 0 Å². The highest BCUT2D eigenvalue weighted by Crippen LogP contribution is 2.24. The first kappa shape index (κ1) is 39.4. The molecule has 0 unspecified atom stereocenters. The van der Waals surface area contributed by atoms with E-state index < -0.39 is 41.2 Å². The number of halogens is 1. The van der Waals surface area contributed by atoms with Crippen LogP contribution in [0.2, 0.25) is 0 Å². The Morgan fingerprint density at radius 2 is 1.70 bits per heavy atom. The van der Waals surface area contributed by atoms with Gasteiger partial charge in [0, 0.05) is 58.7 Å². The number of rotatable bonds is 15. The molecule has 2 aromatic heterocycles. The molecule has 1 N–H and O–H groups in total. The van der Waals surface area contributed by atoms with E-state index in [0.717, 1.165) is 0 Å². The fraction of sp³-hybridized carbons (Fsp3) is 0.457. The minimum Gasteiger partial charge on any atom is -0.443 e. The van der Waals surface area contributed by atoms with Crippen molar-refractivity contribution in [2.75, 3.05) is 59.9 Å². The van der Waals surface area contributed by atoms with Gasteiger partial charge in [-0.15, -0.1) is 0 Å². The number of allylic oxidation sites excluding steroid dienone is 1. The molecule has 0 saturated carbocycles. The van der Waals surface area contributed by atoms with Crippen LogP contribution < -0.4 is 10.9 Å². The number of carbonyl (C=O) groups excluding carboxylic acids is 4. The van der Waals surface area contributed by atoms with Gasteiger partial charge in [-0.1, -0.05) is 6.08 Å². The summed E-state index contributed by atoms with van der Waals surface area (Å²) in [5.74, 6) is -1.52. The number of nitrogens with zero attached hydrogens (tertiary/aromatic N) is 4. The predicted molar refractivity (Wildman–Crippen MR) is 185 cm³/mol. The van der Waals surface area contributed by atoms with Crippen LogP contribution in [0.1, 0.15) is 39.3 Å². The van der Waals surface area contributed by atoms with Crippen molar-refractivity contribution < 1.29 is 42.5 Å². The molecular weight excluding hydrogens is 653 g/mol. The molecule has 3 amide bonds. The molecule has 1 aromatic carbocycles. The summed E-state index contributed by atoms with van der Waals surface area (Å²) in [6.45, 7) is 5.82. The summed E-state index contributed by atoms with van der Waals surface area (Å²) in [6.07, 6.45) is 1.76. The Balaban J connectivity index is 1.90. The van der Waals surface area contributed by atoms with Crippen molar-refractivity contribution in [3.8, 4) is 0 Å². The third-order valence-electron chi connectivity index (χ3n) is 7.25. The summed E-state index contributed by atoms with van der Waals surface area (Å²) in [5.41, 5.74) is -0.823. The van der Waals surface area contributed by atoms with E-state index in [2.05, 4.69) is 5.32 Å². The van der Waals surface area contributed by atoms with Crippen molar-refractivity contribution in [2.24, 2.45) is 0 Å². The van der Waals surface area contributed by atoms with Crippen LogP contribution in [0, 0.1) is 5.82 Å². The molecule has 3 aromatic rings. The predicted octanol–water partition coefficient (Wildman–Crippen LogP) is 4.24. The molecule has 0 aliphatic heterocycles. The highest BCUT2D eigenvalue weighted by atomic mass is 19.1. The van der Waals surface area contributed by atoms with Crippen molar-refractivity contribution >= 4 is 40.6 Å². The van der Waals surface area contributed by atoms with E-state index in [0.29, 0.717) is 16.6 Å². The molecule has 0 aliphatic carbocycles. The summed E-state index contributed by atoms with van der Waals surface area (Å²) < 4.78 is 38.0. The normalized spacial score (nSPS) is 12.2. The van der Waals surface area contributed by atoms with Gasteiger partial charge in [-0.3, -0.25) is 14.4 Å². The maximum atomic E-state index is 14.1. The smallest absolute Gasteiger partial charge is 0.419 e. The second-order valence-electron chi connectivity index (χ2n) is 12.6. The van der Waals surface area contributed by atoms with Crippen LogP contribution in [0.15, 0.2) is 59.5 Å². The Hall–Kier alpha value is -5.02. The van der Waals surface area contributed by atoms with Gasteiger partial charge in [-0.25, -0.2) is 18.5 Å². The number of ether oxygens (including phenoxy) is 4. The van der Waals surface area contributed by atoms with Crippen LogP contribution in [-0.2, 0) is 35.1 Å². The van der Waals surface area contributed by atoms with Gasteiger partial charge in [0.1, 0.15) is 17.1 Å². The van der Waals surface area contributed by atoms with Crippen LogP contribution in [0.5, 0.6) is 0 Å².